The van der Waals surface area contributed by atoms with Crippen molar-refractivity contribution in [3.63, 3.8) is 0 Å². The number of nitrogens with zero attached hydrogens (tertiary/aromatic N) is 2. The normalized spacial score (nSPS) is 11.2. The summed E-state index contributed by atoms with van der Waals surface area (Å²) < 4.78 is 1.93. The molecule has 0 saturated heterocycles. The van der Waals surface area contributed by atoms with Gasteiger partial charge in [0.05, 0.1) is 11.7 Å². The van der Waals surface area contributed by atoms with E-state index in [2.05, 4.69) is 18.9 Å². The zero-order valence-electron chi connectivity index (χ0n) is 9.19. The smallest absolute Gasteiger partial charge is 0.159 e. The third-order valence-corrected chi connectivity index (χ3v) is 2.49. The highest BCUT2D eigenvalue weighted by atomic mass is 16.1. The summed E-state index contributed by atoms with van der Waals surface area (Å²) in [4.78, 5) is 11.3. The summed E-state index contributed by atoms with van der Waals surface area (Å²) in [7, 11) is 0. The van der Waals surface area contributed by atoms with E-state index >= 15 is 0 Å². The van der Waals surface area contributed by atoms with E-state index in [1.807, 2.05) is 29.1 Å². The second-order valence-electron chi connectivity index (χ2n) is 4.01. The molecule has 0 amide bonds. The maximum absolute atomic E-state index is 11.3. The Bertz CT molecular complexity index is 511. The molecule has 2 rings (SSSR count). The van der Waals surface area contributed by atoms with Crippen LogP contribution in [-0.4, -0.2) is 15.6 Å². The first-order valence-electron chi connectivity index (χ1n) is 5.08. The Morgan fingerprint density at radius 1 is 1.40 bits per heavy atom. The van der Waals surface area contributed by atoms with Crippen molar-refractivity contribution in [2.75, 3.05) is 0 Å². The van der Waals surface area contributed by atoms with Crippen molar-refractivity contribution >= 4 is 16.7 Å². The molecule has 0 radical (unpaired) electrons. The van der Waals surface area contributed by atoms with Crippen LogP contribution in [0.25, 0.3) is 10.9 Å². The van der Waals surface area contributed by atoms with Crippen LogP contribution in [0.2, 0.25) is 0 Å². The average Bonchev–Trinajstić information content (AvgIpc) is 2.59. The number of benzene rings is 1. The topological polar surface area (TPSA) is 34.9 Å². The molecule has 1 heterocycles. The molecule has 2 aromatic rings. The molecule has 15 heavy (non-hydrogen) atoms. The molecule has 0 spiro atoms. The maximum atomic E-state index is 11.3. The Morgan fingerprint density at radius 3 is 2.73 bits per heavy atom. The fourth-order valence-electron chi connectivity index (χ4n) is 1.67. The van der Waals surface area contributed by atoms with Crippen LogP contribution in [0.15, 0.2) is 24.4 Å². The molecule has 0 saturated carbocycles. The first kappa shape index (κ1) is 9.90. The summed E-state index contributed by atoms with van der Waals surface area (Å²) in [6.45, 7) is 5.73. The van der Waals surface area contributed by atoms with Gasteiger partial charge in [-0.15, -0.1) is 0 Å². The van der Waals surface area contributed by atoms with Gasteiger partial charge in [-0.2, -0.15) is 5.10 Å². The third-order valence-electron chi connectivity index (χ3n) is 2.49. The lowest BCUT2D eigenvalue weighted by atomic mass is 10.1. The number of Topliss-reactive ketones (excluding diaryl/α,β-unsaturated/α-hetero) is 1. The Kier molecular flexibility index (Phi) is 2.31. The molecule has 0 bridgehead atoms. The van der Waals surface area contributed by atoms with Crippen LogP contribution in [0.3, 0.4) is 0 Å². The van der Waals surface area contributed by atoms with E-state index in [-0.39, 0.29) is 5.78 Å². The van der Waals surface area contributed by atoms with E-state index in [1.165, 1.54) is 0 Å². The third kappa shape index (κ3) is 1.65. The Hall–Kier alpha value is -1.64. The van der Waals surface area contributed by atoms with Gasteiger partial charge in [0.1, 0.15) is 0 Å². The molecule has 0 fully saturated rings. The van der Waals surface area contributed by atoms with Crippen LogP contribution in [-0.2, 0) is 0 Å². The number of rotatable bonds is 2. The zero-order valence-corrected chi connectivity index (χ0v) is 9.19. The minimum Gasteiger partial charge on any atom is -0.295 e. The summed E-state index contributed by atoms with van der Waals surface area (Å²) in [5, 5.41) is 5.38. The lowest BCUT2D eigenvalue weighted by Crippen LogP contribution is -2.02. The second-order valence-corrected chi connectivity index (χ2v) is 4.01. The van der Waals surface area contributed by atoms with Crippen LogP contribution in [0, 0.1) is 0 Å². The van der Waals surface area contributed by atoms with Gasteiger partial charge in [-0.25, -0.2) is 0 Å². The van der Waals surface area contributed by atoms with Crippen LogP contribution < -0.4 is 0 Å². The highest BCUT2D eigenvalue weighted by Gasteiger charge is 2.07. The van der Waals surface area contributed by atoms with Gasteiger partial charge in [-0.1, -0.05) is 12.1 Å². The Morgan fingerprint density at radius 2 is 2.13 bits per heavy atom. The molecule has 0 N–H and O–H groups in total. The van der Waals surface area contributed by atoms with Crippen molar-refractivity contribution < 1.29 is 4.79 Å². The second kappa shape index (κ2) is 3.50. The monoisotopic (exact) mass is 202 g/mol. The van der Waals surface area contributed by atoms with Crippen LogP contribution in [0.4, 0.5) is 0 Å². The van der Waals surface area contributed by atoms with Gasteiger partial charge in [0.15, 0.2) is 5.78 Å². The van der Waals surface area contributed by atoms with Gasteiger partial charge in [-0.05, 0) is 26.8 Å². The first-order valence-corrected chi connectivity index (χ1v) is 5.08. The number of carbonyl (C=O) groups is 1. The van der Waals surface area contributed by atoms with Crippen molar-refractivity contribution in [2.45, 2.75) is 26.8 Å². The minimum absolute atomic E-state index is 0.0911. The molecule has 0 aliphatic rings. The van der Waals surface area contributed by atoms with E-state index in [4.69, 9.17) is 0 Å². The van der Waals surface area contributed by atoms with Gasteiger partial charge in [-0.3, -0.25) is 9.48 Å². The minimum atomic E-state index is 0.0911. The van der Waals surface area contributed by atoms with E-state index < -0.39 is 0 Å². The quantitative estimate of drug-likeness (QED) is 0.702. The van der Waals surface area contributed by atoms with E-state index in [0.717, 1.165) is 16.5 Å². The molecular formula is C12H14N2O. The van der Waals surface area contributed by atoms with Crippen molar-refractivity contribution in [1.82, 2.24) is 9.78 Å². The van der Waals surface area contributed by atoms with Crippen molar-refractivity contribution in [3.8, 4) is 0 Å². The summed E-state index contributed by atoms with van der Waals surface area (Å²) in [5.74, 6) is 0.0911. The van der Waals surface area contributed by atoms with Gasteiger partial charge in [0.2, 0.25) is 0 Å². The fraction of sp³-hybridized carbons (Fsp3) is 0.333. The van der Waals surface area contributed by atoms with Crippen molar-refractivity contribution in [2.24, 2.45) is 0 Å². The number of ketones is 1. The summed E-state index contributed by atoms with van der Waals surface area (Å²) in [6, 6.07) is 6.00. The summed E-state index contributed by atoms with van der Waals surface area (Å²) in [5.41, 5.74) is 1.77. The maximum Gasteiger partial charge on any atom is 0.159 e. The first-order chi connectivity index (χ1) is 7.09. The predicted molar refractivity (Wildman–Crippen MR) is 60.1 cm³/mol. The lowest BCUT2D eigenvalue weighted by Gasteiger charge is -2.07. The van der Waals surface area contributed by atoms with E-state index in [9.17, 15) is 4.79 Å². The highest BCUT2D eigenvalue weighted by Crippen LogP contribution is 2.19. The lowest BCUT2D eigenvalue weighted by molar-refractivity contribution is 0.101. The summed E-state index contributed by atoms with van der Waals surface area (Å²) in [6.07, 6.45) is 1.83. The molecule has 0 unspecified atom stereocenters. The largest absolute Gasteiger partial charge is 0.295 e. The van der Waals surface area contributed by atoms with Crippen LogP contribution >= 0.6 is 0 Å². The Labute approximate surface area is 88.7 Å². The standard InChI is InChI=1S/C12H14N2O/c1-8(2)14-12-6-10(9(3)15)4-5-11(12)7-13-14/h4-8H,1-3H3. The van der Waals surface area contributed by atoms with E-state index in [1.54, 1.807) is 6.92 Å². The molecule has 0 aliphatic carbocycles. The number of carbonyl (C=O) groups excluding carboxylic acids is 1. The van der Waals surface area contributed by atoms with E-state index in [0.29, 0.717) is 6.04 Å². The number of hydrogen-bond acceptors (Lipinski definition) is 2. The molecular weight excluding hydrogens is 188 g/mol. The van der Waals surface area contributed by atoms with Gasteiger partial charge in [0, 0.05) is 17.0 Å². The summed E-state index contributed by atoms with van der Waals surface area (Å²) >= 11 is 0. The van der Waals surface area contributed by atoms with Gasteiger partial charge in [0.25, 0.3) is 0 Å². The molecule has 3 nitrogen and oxygen atoms in total. The fourth-order valence-corrected chi connectivity index (χ4v) is 1.67. The number of hydrogen-bond donors (Lipinski definition) is 0. The zero-order chi connectivity index (χ0) is 11.0. The molecule has 3 heteroatoms. The number of fused-ring (bicyclic) bond motifs is 1. The number of aromatic nitrogens is 2. The van der Waals surface area contributed by atoms with Crippen LogP contribution in [0.1, 0.15) is 37.2 Å². The van der Waals surface area contributed by atoms with Crippen molar-refractivity contribution in [3.05, 3.63) is 30.0 Å². The SMILES string of the molecule is CC(=O)c1ccc2cnn(C(C)C)c2c1. The Balaban J connectivity index is 2.66. The average molecular weight is 202 g/mol. The van der Waals surface area contributed by atoms with Crippen molar-refractivity contribution in [1.29, 1.82) is 0 Å². The molecule has 78 valence electrons. The molecule has 0 atom stereocenters. The molecule has 1 aromatic heterocycles. The van der Waals surface area contributed by atoms with Gasteiger partial charge >= 0.3 is 0 Å². The van der Waals surface area contributed by atoms with Gasteiger partial charge < -0.3 is 0 Å². The highest BCUT2D eigenvalue weighted by molar-refractivity contribution is 5.97. The molecule has 0 aliphatic heterocycles. The predicted octanol–water partition coefficient (Wildman–Crippen LogP) is 2.82. The molecule has 1 aromatic carbocycles. The van der Waals surface area contributed by atoms with Crippen LogP contribution in [0.5, 0.6) is 0 Å².